The van der Waals surface area contributed by atoms with Crippen molar-refractivity contribution in [3.8, 4) is 0 Å². The number of rotatable bonds is 1. The molecule has 0 fully saturated rings. The molecule has 0 spiro atoms. The maximum Gasteiger partial charge on any atom is 0.190 e. The first kappa shape index (κ1) is 9.82. The smallest absolute Gasteiger partial charge is 0.190 e. The second kappa shape index (κ2) is 4.11. The maximum atomic E-state index is 10.8. The van der Waals surface area contributed by atoms with Gasteiger partial charge in [-0.25, -0.2) is 4.85 Å². The Balaban J connectivity index is 2.97. The number of carbonyl (C=O) groups is 1. The van der Waals surface area contributed by atoms with Crippen LogP contribution in [0.25, 0.3) is 4.85 Å². The molecule has 0 unspecified atom stereocenters. The van der Waals surface area contributed by atoms with E-state index in [-0.39, 0.29) is 5.12 Å². The molecule has 0 aliphatic heterocycles. The molecule has 66 valence electrons. The van der Waals surface area contributed by atoms with Crippen LogP contribution in [-0.4, -0.2) is 5.12 Å². The van der Waals surface area contributed by atoms with E-state index in [9.17, 15) is 4.79 Å². The molecule has 0 aliphatic rings. The quantitative estimate of drug-likeness (QED) is 0.502. The molecule has 0 heterocycles. The number of hydrogen-bond donors (Lipinski definition) is 0. The molecule has 0 radical (unpaired) electrons. The van der Waals surface area contributed by atoms with Gasteiger partial charge in [0.05, 0.1) is 6.57 Å². The van der Waals surface area contributed by atoms with E-state index in [1.807, 2.05) is 13.0 Å². The number of nitrogens with zero attached hydrogens (tertiary/aromatic N) is 1. The summed E-state index contributed by atoms with van der Waals surface area (Å²) in [6.45, 7) is 10.3. The molecule has 0 aromatic heterocycles. The Morgan fingerprint density at radius 3 is 2.69 bits per heavy atom. The summed E-state index contributed by atoms with van der Waals surface area (Å²) in [7, 11) is 0. The highest BCUT2D eigenvalue weighted by molar-refractivity contribution is 8.13. The molecule has 1 rings (SSSR count). The van der Waals surface area contributed by atoms with Crippen LogP contribution in [0.4, 0.5) is 5.69 Å². The third-order valence-corrected chi connectivity index (χ3v) is 2.33. The molecular formula is C10H9NOS. The summed E-state index contributed by atoms with van der Waals surface area (Å²) < 4.78 is 0. The molecule has 0 bridgehead atoms. The van der Waals surface area contributed by atoms with E-state index >= 15 is 0 Å². The van der Waals surface area contributed by atoms with Crippen molar-refractivity contribution >= 4 is 22.6 Å². The van der Waals surface area contributed by atoms with Gasteiger partial charge in [0.2, 0.25) is 0 Å². The number of thioether (sulfide) groups is 1. The predicted molar refractivity (Wildman–Crippen MR) is 54.0 cm³/mol. The fourth-order valence-electron chi connectivity index (χ4n) is 0.983. The average molecular weight is 191 g/mol. The van der Waals surface area contributed by atoms with Crippen molar-refractivity contribution in [1.29, 1.82) is 0 Å². The Morgan fingerprint density at radius 1 is 1.54 bits per heavy atom. The lowest BCUT2D eigenvalue weighted by Gasteiger charge is -2.00. The van der Waals surface area contributed by atoms with Gasteiger partial charge in [0.15, 0.2) is 10.8 Å². The van der Waals surface area contributed by atoms with Gasteiger partial charge in [-0.05, 0) is 12.5 Å². The van der Waals surface area contributed by atoms with Crippen LogP contribution in [0.5, 0.6) is 0 Å². The zero-order valence-electron chi connectivity index (χ0n) is 7.50. The molecule has 13 heavy (non-hydrogen) atoms. The minimum absolute atomic E-state index is 0.0648. The van der Waals surface area contributed by atoms with Gasteiger partial charge in [0.25, 0.3) is 0 Å². The van der Waals surface area contributed by atoms with Crippen LogP contribution in [0.15, 0.2) is 23.1 Å². The SMILES string of the molecule is [C-]#[N+]c1ccc(SC(C)=O)cc1C. The molecule has 0 amide bonds. The van der Waals surface area contributed by atoms with E-state index in [0.717, 1.165) is 10.5 Å². The molecule has 1 aromatic carbocycles. The van der Waals surface area contributed by atoms with E-state index < -0.39 is 0 Å². The van der Waals surface area contributed by atoms with E-state index in [1.165, 1.54) is 18.7 Å². The maximum absolute atomic E-state index is 10.8. The molecule has 0 atom stereocenters. The first-order valence-corrected chi connectivity index (χ1v) is 4.61. The number of carbonyl (C=O) groups excluding carboxylic acids is 1. The van der Waals surface area contributed by atoms with Crippen LogP contribution in [0, 0.1) is 13.5 Å². The van der Waals surface area contributed by atoms with Crippen LogP contribution < -0.4 is 0 Å². The summed E-state index contributed by atoms with van der Waals surface area (Å²) in [4.78, 5) is 15.0. The van der Waals surface area contributed by atoms with Crippen molar-refractivity contribution in [2.75, 3.05) is 0 Å². The van der Waals surface area contributed by atoms with Crippen LogP contribution in [0.1, 0.15) is 12.5 Å². The molecule has 3 heteroatoms. The van der Waals surface area contributed by atoms with Crippen molar-refractivity contribution in [2.24, 2.45) is 0 Å². The lowest BCUT2D eigenvalue weighted by molar-refractivity contribution is -0.109. The van der Waals surface area contributed by atoms with Crippen molar-refractivity contribution < 1.29 is 4.79 Å². The minimum Gasteiger partial charge on any atom is -0.287 e. The van der Waals surface area contributed by atoms with Gasteiger partial charge in [-0.1, -0.05) is 30.0 Å². The Kier molecular flexibility index (Phi) is 3.10. The highest BCUT2D eigenvalue weighted by Crippen LogP contribution is 2.25. The van der Waals surface area contributed by atoms with Gasteiger partial charge in [0, 0.05) is 11.8 Å². The third kappa shape index (κ3) is 2.60. The van der Waals surface area contributed by atoms with Crippen molar-refractivity contribution in [1.82, 2.24) is 0 Å². The van der Waals surface area contributed by atoms with Gasteiger partial charge >= 0.3 is 0 Å². The summed E-state index contributed by atoms with van der Waals surface area (Å²) >= 11 is 1.19. The predicted octanol–water partition coefficient (Wildman–Crippen LogP) is 3.18. The van der Waals surface area contributed by atoms with Gasteiger partial charge in [-0.3, -0.25) is 4.79 Å². The highest BCUT2D eigenvalue weighted by Gasteiger charge is 2.01. The van der Waals surface area contributed by atoms with E-state index in [4.69, 9.17) is 6.57 Å². The van der Waals surface area contributed by atoms with Crippen molar-refractivity contribution in [2.45, 2.75) is 18.7 Å². The summed E-state index contributed by atoms with van der Waals surface area (Å²) in [6, 6.07) is 5.40. The van der Waals surface area contributed by atoms with Crippen molar-refractivity contribution in [3.05, 3.63) is 35.2 Å². The van der Waals surface area contributed by atoms with Crippen LogP contribution in [-0.2, 0) is 4.79 Å². The molecule has 1 aromatic rings. The molecule has 0 saturated heterocycles. The largest absolute Gasteiger partial charge is 0.287 e. The summed E-state index contributed by atoms with van der Waals surface area (Å²) in [5, 5.41) is 0.0648. The third-order valence-electron chi connectivity index (χ3n) is 1.55. The highest BCUT2D eigenvalue weighted by atomic mass is 32.2. The lowest BCUT2D eigenvalue weighted by Crippen LogP contribution is -1.82. The Morgan fingerprint density at radius 2 is 2.23 bits per heavy atom. The van der Waals surface area contributed by atoms with Gasteiger partial charge in [-0.2, -0.15) is 0 Å². The Hall–Kier alpha value is -1.27. The van der Waals surface area contributed by atoms with Crippen LogP contribution in [0.2, 0.25) is 0 Å². The normalized spacial score (nSPS) is 9.31. The first-order chi connectivity index (χ1) is 6.13. The zero-order valence-corrected chi connectivity index (χ0v) is 8.31. The van der Waals surface area contributed by atoms with Crippen LogP contribution in [0.3, 0.4) is 0 Å². The molecule has 2 nitrogen and oxygen atoms in total. The van der Waals surface area contributed by atoms with E-state index in [2.05, 4.69) is 4.85 Å². The number of aryl methyl sites for hydroxylation is 1. The Bertz CT molecular complexity index is 379. The molecular weight excluding hydrogens is 182 g/mol. The van der Waals surface area contributed by atoms with Crippen molar-refractivity contribution in [3.63, 3.8) is 0 Å². The fraction of sp³-hybridized carbons (Fsp3) is 0.200. The minimum atomic E-state index is 0.0648. The lowest BCUT2D eigenvalue weighted by atomic mass is 10.2. The standard InChI is InChI=1S/C10H9NOS/c1-7-6-9(13-8(2)12)4-5-10(7)11-3/h4-6H,1-2H3. The number of benzene rings is 1. The topological polar surface area (TPSA) is 21.4 Å². The first-order valence-electron chi connectivity index (χ1n) is 3.80. The number of hydrogen-bond acceptors (Lipinski definition) is 2. The monoisotopic (exact) mass is 191 g/mol. The second-order valence-corrected chi connectivity index (χ2v) is 3.90. The van der Waals surface area contributed by atoms with E-state index in [0.29, 0.717) is 5.69 Å². The summed E-state index contributed by atoms with van der Waals surface area (Å²) in [6.07, 6.45) is 0. The summed E-state index contributed by atoms with van der Waals surface area (Å²) in [5.41, 5.74) is 1.56. The molecule has 0 N–H and O–H groups in total. The van der Waals surface area contributed by atoms with Gasteiger partial charge in [-0.15, -0.1) is 0 Å². The molecule has 0 saturated carbocycles. The van der Waals surface area contributed by atoms with E-state index in [1.54, 1.807) is 12.1 Å². The van der Waals surface area contributed by atoms with Gasteiger partial charge in [0.1, 0.15) is 0 Å². The Labute approximate surface area is 81.8 Å². The second-order valence-electron chi connectivity index (χ2n) is 2.65. The van der Waals surface area contributed by atoms with Crippen LogP contribution >= 0.6 is 11.8 Å². The average Bonchev–Trinajstić information content (AvgIpc) is 2.03. The zero-order chi connectivity index (χ0) is 9.84. The van der Waals surface area contributed by atoms with Gasteiger partial charge < -0.3 is 0 Å². The molecule has 0 aliphatic carbocycles. The fourth-order valence-corrected chi connectivity index (χ4v) is 1.69. The summed E-state index contributed by atoms with van der Waals surface area (Å²) in [5.74, 6) is 0.